The molecule has 3 heterocycles. The number of aromatic nitrogens is 7. The summed E-state index contributed by atoms with van der Waals surface area (Å²) in [5.41, 5.74) is 4.91. The van der Waals surface area contributed by atoms with E-state index in [0.29, 0.717) is 5.78 Å². The Kier molecular flexibility index (Phi) is 4.07. The number of hydrogen-bond donors (Lipinski definition) is 0. The third-order valence-electron chi connectivity index (χ3n) is 6.16. The van der Waals surface area contributed by atoms with E-state index in [9.17, 15) is 0 Å². The lowest BCUT2D eigenvalue weighted by Gasteiger charge is -2.14. The fourth-order valence-electron chi connectivity index (χ4n) is 4.24. The molecule has 0 radical (unpaired) electrons. The maximum atomic E-state index is 5.30. The van der Waals surface area contributed by atoms with Gasteiger partial charge in [0, 0.05) is 24.4 Å². The highest BCUT2D eigenvalue weighted by molar-refractivity contribution is 5.70. The first kappa shape index (κ1) is 18.7. The molecular formula is C24H21N7O. The van der Waals surface area contributed by atoms with E-state index in [0.717, 1.165) is 46.8 Å². The molecule has 0 N–H and O–H groups in total. The van der Waals surface area contributed by atoms with Crippen LogP contribution < -0.4 is 4.74 Å². The minimum Gasteiger partial charge on any atom is -0.497 e. The van der Waals surface area contributed by atoms with Gasteiger partial charge in [0.2, 0.25) is 0 Å². The Morgan fingerprint density at radius 1 is 0.906 bits per heavy atom. The van der Waals surface area contributed by atoms with Crippen LogP contribution >= 0.6 is 0 Å². The summed E-state index contributed by atoms with van der Waals surface area (Å²) in [6.45, 7) is 0. The van der Waals surface area contributed by atoms with Gasteiger partial charge in [0.1, 0.15) is 5.75 Å². The van der Waals surface area contributed by atoms with Crippen molar-refractivity contribution < 1.29 is 4.74 Å². The topological polar surface area (TPSA) is 83.0 Å². The SMILES string of the molecule is COc1ccc(C2(c3nnc4nc(-c5cccc(-c6cnn(C)c6)c5)cnn34)CC2)cc1. The minimum absolute atomic E-state index is 0.165. The minimum atomic E-state index is -0.165. The number of benzene rings is 2. The first-order chi connectivity index (χ1) is 15.7. The van der Waals surface area contributed by atoms with Crippen molar-refractivity contribution in [3.8, 4) is 28.1 Å². The van der Waals surface area contributed by atoms with Gasteiger partial charge in [-0.05, 0) is 42.2 Å². The molecule has 0 unspecified atom stereocenters. The van der Waals surface area contributed by atoms with Crippen LogP contribution in [0.5, 0.6) is 5.75 Å². The molecule has 1 fully saturated rings. The molecule has 32 heavy (non-hydrogen) atoms. The molecular weight excluding hydrogens is 402 g/mol. The van der Waals surface area contributed by atoms with Gasteiger partial charge < -0.3 is 4.74 Å². The molecule has 0 saturated heterocycles. The van der Waals surface area contributed by atoms with Crippen molar-refractivity contribution >= 4 is 5.78 Å². The molecule has 8 nitrogen and oxygen atoms in total. The van der Waals surface area contributed by atoms with Crippen LogP contribution in [0.15, 0.2) is 67.1 Å². The summed E-state index contributed by atoms with van der Waals surface area (Å²) >= 11 is 0. The molecule has 6 rings (SSSR count). The van der Waals surface area contributed by atoms with Crippen LogP contribution in [-0.4, -0.2) is 41.7 Å². The Labute approximate surface area is 184 Å². The van der Waals surface area contributed by atoms with Crippen molar-refractivity contribution in [2.45, 2.75) is 18.3 Å². The number of fused-ring (bicyclic) bond motifs is 1. The van der Waals surface area contributed by atoms with Crippen LogP contribution in [0.3, 0.4) is 0 Å². The van der Waals surface area contributed by atoms with Gasteiger partial charge in [0.15, 0.2) is 5.82 Å². The van der Waals surface area contributed by atoms with Crippen LogP contribution in [0.25, 0.3) is 28.2 Å². The molecule has 3 aromatic heterocycles. The van der Waals surface area contributed by atoms with Crippen molar-refractivity contribution in [1.82, 2.24) is 34.6 Å². The third kappa shape index (κ3) is 2.95. The van der Waals surface area contributed by atoms with E-state index in [1.807, 2.05) is 43.7 Å². The number of methoxy groups -OCH3 is 1. The van der Waals surface area contributed by atoms with Gasteiger partial charge in [-0.3, -0.25) is 4.68 Å². The summed E-state index contributed by atoms with van der Waals surface area (Å²) < 4.78 is 8.86. The average Bonchev–Trinajstić information content (AvgIpc) is 3.33. The summed E-state index contributed by atoms with van der Waals surface area (Å²) in [6.07, 6.45) is 7.65. The smallest absolute Gasteiger partial charge is 0.272 e. The van der Waals surface area contributed by atoms with Crippen molar-refractivity contribution in [1.29, 1.82) is 0 Å². The van der Waals surface area contributed by atoms with E-state index in [1.165, 1.54) is 5.56 Å². The molecule has 5 aromatic rings. The number of hydrogen-bond acceptors (Lipinski definition) is 6. The highest BCUT2D eigenvalue weighted by atomic mass is 16.5. The molecule has 8 heteroatoms. The lowest BCUT2D eigenvalue weighted by atomic mass is 9.95. The summed E-state index contributed by atoms with van der Waals surface area (Å²) in [6, 6.07) is 16.4. The Morgan fingerprint density at radius 3 is 2.44 bits per heavy atom. The molecule has 0 amide bonds. The first-order valence-corrected chi connectivity index (χ1v) is 10.5. The van der Waals surface area contributed by atoms with E-state index in [4.69, 9.17) is 9.72 Å². The van der Waals surface area contributed by atoms with E-state index >= 15 is 0 Å². The molecule has 1 aliphatic rings. The lowest BCUT2D eigenvalue weighted by molar-refractivity contribution is 0.414. The second kappa shape index (κ2) is 6.98. The molecule has 0 aliphatic heterocycles. The van der Waals surface area contributed by atoms with Crippen LogP contribution in [0.2, 0.25) is 0 Å². The molecule has 2 aromatic carbocycles. The summed E-state index contributed by atoms with van der Waals surface area (Å²) in [7, 11) is 3.59. The standard InChI is InChI=1S/C24H21N7O/c1-30-15-18(13-25-30)16-4-3-5-17(12-16)21-14-26-31-22(28-29-23(31)27-21)24(10-11-24)19-6-8-20(32-2)9-7-19/h3-9,12-15H,10-11H2,1-2H3. The maximum Gasteiger partial charge on any atom is 0.272 e. The molecule has 0 atom stereocenters. The van der Waals surface area contributed by atoms with Crippen LogP contribution in [0, 0.1) is 0 Å². The van der Waals surface area contributed by atoms with Crippen molar-refractivity contribution in [3.05, 3.63) is 78.5 Å². The van der Waals surface area contributed by atoms with Gasteiger partial charge >= 0.3 is 0 Å². The van der Waals surface area contributed by atoms with Gasteiger partial charge in [-0.1, -0.05) is 30.3 Å². The zero-order valence-electron chi connectivity index (χ0n) is 17.8. The van der Waals surface area contributed by atoms with Crippen molar-refractivity contribution in [2.75, 3.05) is 7.11 Å². The highest BCUT2D eigenvalue weighted by Gasteiger charge is 2.50. The average molecular weight is 423 g/mol. The number of aryl methyl sites for hydroxylation is 1. The second-order valence-electron chi connectivity index (χ2n) is 8.17. The largest absolute Gasteiger partial charge is 0.497 e. The predicted octanol–water partition coefficient (Wildman–Crippen LogP) is 3.68. The van der Waals surface area contributed by atoms with Crippen LogP contribution in [0.4, 0.5) is 0 Å². The Bertz CT molecular complexity index is 1430. The molecule has 1 saturated carbocycles. The fourth-order valence-corrected chi connectivity index (χ4v) is 4.24. The van der Waals surface area contributed by atoms with Crippen molar-refractivity contribution in [2.24, 2.45) is 7.05 Å². The van der Waals surface area contributed by atoms with E-state index < -0.39 is 0 Å². The van der Waals surface area contributed by atoms with Gasteiger partial charge in [0.25, 0.3) is 5.78 Å². The molecule has 1 aliphatic carbocycles. The fraction of sp³-hybridized carbons (Fsp3) is 0.208. The number of ether oxygens (including phenoxy) is 1. The molecule has 158 valence electrons. The highest BCUT2D eigenvalue weighted by Crippen LogP contribution is 2.52. The number of nitrogens with zero attached hydrogens (tertiary/aromatic N) is 7. The monoisotopic (exact) mass is 423 g/mol. The van der Waals surface area contributed by atoms with Crippen molar-refractivity contribution in [3.63, 3.8) is 0 Å². The Balaban J connectivity index is 1.37. The maximum absolute atomic E-state index is 5.30. The normalized spacial score (nSPS) is 14.6. The van der Waals surface area contributed by atoms with E-state index in [-0.39, 0.29) is 5.41 Å². The zero-order chi connectivity index (χ0) is 21.7. The Hall–Kier alpha value is -4.07. The van der Waals surface area contributed by atoms with Crippen LogP contribution in [-0.2, 0) is 12.5 Å². The first-order valence-electron chi connectivity index (χ1n) is 10.5. The molecule has 0 bridgehead atoms. The summed E-state index contributed by atoms with van der Waals surface area (Å²) in [5, 5.41) is 17.8. The second-order valence-corrected chi connectivity index (χ2v) is 8.17. The summed E-state index contributed by atoms with van der Waals surface area (Å²) in [5.74, 6) is 2.18. The van der Waals surface area contributed by atoms with Gasteiger partial charge in [0.05, 0.1) is 30.6 Å². The van der Waals surface area contributed by atoms with Gasteiger partial charge in [-0.2, -0.15) is 14.7 Å². The van der Waals surface area contributed by atoms with E-state index in [1.54, 1.807) is 22.5 Å². The van der Waals surface area contributed by atoms with E-state index in [2.05, 4.69) is 44.7 Å². The predicted molar refractivity (Wildman–Crippen MR) is 119 cm³/mol. The van der Waals surface area contributed by atoms with Gasteiger partial charge in [-0.25, -0.2) is 4.98 Å². The third-order valence-corrected chi connectivity index (χ3v) is 6.16. The van der Waals surface area contributed by atoms with Crippen LogP contribution in [0.1, 0.15) is 24.2 Å². The number of rotatable bonds is 5. The quantitative estimate of drug-likeness (QED) is 0.429. The zero-order valence-corrected chi connectivity index (χ0v) is 17.8. The Morgan fingerprint density at radius 2 is 1.72 bits per heavy atom. The summed E-state index contributed by atoms with van der Waals surface area (Å²) in [4.78, 5) is 4.75. The van der Waals surface area contributed by atoms with Gasteiger partial charge in [-0.15, -0.1) is 10.2 Å². The lowest BCUT2D eigenvalue weighted by Crippen LogP contribution is -2.15. The molecule has 0 spiro atoms.